The third-order valence-electron chi connectivity index (χ3n) is 5.32. The number of nitrogens with zero attached hydrogens (tertiary/aromatic N) is 2. The molecule has 35 heavy (non-hydrogen) atoms. The summed E-state index contributed by atoms with van der Waals surface area (Å²) in [5.74, 6) is 0.555. The Morgan fingerprint density at radius 2 is 1.77 bits per heavy atom. The third kappa shape index (κ3) is 5.20. The van der Waals surface area contributed by atoms with E-state index < -0.39 is 22.5 Å². The molecule has 8 nitrogen and oxygen atoms in total. The molecule has 0 unspecified atom stereocenters. The highest BCUT2D eigenvalue weighted by Gasteiger charge is 2.29. The molecule has 0 saturated carbocycles. The van der Waals surface area contributed by atoms with Gasteiger partial charge in [0.25, 0.3) is 10.0 Å². The third-order valence-corrected chi connectivity index (χ3v) is 7.15. The number of anilines is 2. The number of carbonyl (C=O) groups is 1. The van der Waals surface area contributed by atoms with E-state index in [1.807, 2.05) is 6.92 Å². The van der Waals surface area contributed by atoms with Crippen LogP contribution in [0, 0.1) is 0 Å². The lowest BCUT2D eigenvalue weighted by atomic mass is 10.2. The first-order valence-electron chi connectivity index (χ1n) is 10.9. The van der Waals surface area contributed by atoms with Gasteiger partial charge in [-0.1, -0.05) is 24.3 Å². The average molecular weight is 492 g/mol. The van der Waals surface area contributed by atoms with E-state index in [1.165, 1.54) is 19.4 Å². The molecule has 1 aromatic heterocycles. The van der Waals surface area contributed by atoms with Crippen molar-refractivity contribution in [2.24, 2.45) is 0 Å². The van der Waals surface area contributed by atoms with Crippen molar-refractivity contribution >= 4 is 38.1 Å². The van der Waals surface area contributed by atoms with Crippen molar-refractivity contribution in [1.29, 1.82) is 0 Å². The number of para-hydroxylation sites is 2. The van der Waals surface area contributed by atoms with Crippen LogP contribution < -0.4 is 19.1 Å². The Morgan fingerprint density at radius 3 is 2.51 bits per heavy atom. The zero-order valence-corrected chi connectivity index (χ0v) is 20.2. The van der Waals surface area contributed by atoms with Crippen LogP contribution in [-0.2, 0) is 14.8 Å². The van der Waals surface area contributed by atoms with E-state index in [9.17, 15) is 13.2 Å². The minimum absolute atomic E-state index is 0.0794. The molecule has 0 spiro atoms. The van der Waals surface area contributed by atoms with Gasteiger partial charge in [-0.3, -0.25) is 14.1 Å². The highest BCUT2D eigenvalue weighted by atomic mass is 32.2. The van der Waals surface area contributed by atoms with Crippen LogP contribution in [0.25, 0.3) is 10.8 Å². The average Bonchev–Trinajstić information content (AvgIpc) is 2.88. The lowest BCUT2D eigenvalue weighted by Crippen LogP contribution is -2.38. The highest BCUT2D eigenvalue weighted by Crippen LogP contribution is 2.30. The Hall–Kier alpha value is -4.11. The van der Waals surface area contributed by atoms with Crippen LogP contribution in [0.1, 0.15) is 6.92 Å². The summed E-state index contributed by atoms with van der Waals surface area (Å²) in [6.07, 6.45) is 3.14. The number of hydrogen-bond donors (Lipinski definition) is 1. The number of sulfonamides is 1. The standard InChI is InChI=1S/C26H25N3O5S/c1-3-34-24-9-5-4-8-23(24)28-26(30)18-29(20-11-13-21(33-2)14-12-20)35(31,32)25-10-6-7-19-17-27-16-15-22(19)25/h4-17H,3,18H2,1-2H3,(H,28,30). The molecule has 1 heterocycles. The number of ether oxygens (including phenoxy) is 2. The van der Waals surface area contributed by atoms with Crippen molar-refractivity contribution < 1.29 is 22.7 Å². The molecule has 0 bridgehead atoms. The second kappa shape index (κ2) is 10.4. The van der Waals surface area contributed by atoms with E-state index >= 15 is 0 Å². The first-order valence-corrected chi connectivity index (χ1v) is 12.4. The molecule has 0 fully saturated rings. The number of pyridine rings is 1. The zero-order valence-electron chi connectivity index (χ0n) is 19.3. The maximum Gasteiger partial charge on any atom is 0.265 e. The molecule has 1 amide bonds. The minimum Gasteiger partial charge on any atom is -0.497 e. The number of aromatic nitrogens is 1. The maximum atomic E-state index is 13.9. The monoisotopic (exact) mass is 491 g/mol. The summed E-state index contributed by atoms with van der Waals surface area (Å²) in [7, 11) is -2.61. The number of amides is 1. The molecule has 0 saturated heterocycles. The summed E-state index contributed by atoms with van der Waals surface area (Å²) < 4.78 is 39.7. The molecule has 3 aromatic carbocycles. The number of fused-ring (bicyclic) bond motifs is 1. The predicted molar refractivity (Wildman–Crippen MR) is 136 cm³/mol. The van der Waals surface area contributed by atoms with Crippen LogP contribution in [0.2, 0.25) is 0 Å². The largest absolute Gasteiger partial charge is 0.497 e. The minimum atomic E-state index is -4.14. The van der Waals surface area contributed by atoms with Gasteiger partial charge in [0.15, 0.2) is 0 Å². The first kappa shape index (κ1) is 24.0. The van der Waals surface area contributed by atoms with Crippen molar-refractivity contribution in [2.45, 2.75) is 11.8 Å². The molecule has 1 N–H and O–H groups in total. The van der Waals surface area contributed by atoms with E-state index in [2.05, 4.69) is 10.3 Å². The topological polar surface area (TPSA) is 97.8 Å². The van der Waals surface area contributed by atoms with Crippen molar-refractivity contribution in [3.05, 3.63) is 85.2 Å². The zero-order chi connectivity index (χ0) is 24.8. The van der Waals surface area contributed by atoms with Gasteiger partial charge in [0.1, 0.15) is 18.0 Å². The number of hydrogen-bond acceptors (Lipinski definition) is 6. The number of nitrogens with one attached hydrogen (secondary N) is 1. The number of benzene rings is 3. The summed E-state index contributed by atoms with van der Waals surface area (Å²) >= 11 is 0. The number of methoxy groups -OCH3 is 1. The smallest absolute Gasteiger partial charge is 0.265 e. The lowest BCUT2D eigenvalue weighted by Gasteiger charge is -2.25. The van der Waals surface area contributed by atoms with Crippen molar-refractivity contribution in [3.63, 3.8) is 0 Å². The SMILES string of the molecule is CCOc1ccccc1NC(=O)CN(c1ccc(OC)cc1)S(=O)(=O)c1cccc2cnccc12. The predicted octanol–water partition coefficient (Wildman–Crippen LogP) is 4.48. The van der Waals surface area contributed by atoms with E-state index in [-0.39, 0.29) is 4.90 Å². The van der Waals surface area contributed by atoms with Gasteiger partial charge >= 0.3 is 0 Å². The number of carbonyl (C=O) groups excluding carboxylic acids is 1. The van der Waals surface area contributed by atoms with Crippen LogP contribution in [0.3, 0.4) is 0 Å². The Morgan fingerprint density at radius 1 is 1.00 bits per heavy atom. The normalized spacial score (nSPS) is 11.1. The van der Waals surface area contributed by atoms with Gasteiger partial charge in [-0.05, 0) is 55.5 Å². The Balaban J connectivity index is 1.73. The quantitative estimate of drug-likeness (QED) is 0.371. The molecular formula is C26H25N3O5S. The molecule has 0 aliphatic rings. The molecule has 0 radical (unpaired) electrons. The van der Waals surface area contributed by atoms with Gasteiger partial charge in [-0.25, -0.2) is 8.42 Å². The Bertz CT molecular complexity index is 1430. The van der Waals surface area contributed by atoms with Crippen molar-refractivity contribution in [3.8, 4) is 11.5 Å². The van der Waals surface area contributed by atoms with Crippen LogP contribution in [0.4, 0.5) is 11.4 Å². The molecule has 0 aliphatic heterocycles. The van der Waals surface area contributed by atoms with Crippen molar-refractivity contribution in [1.82, 2.24) is 4.98 Å². The van der Waals surface area contributed by atoms with Crippen LogP contribution in [0.5, 0.6) is 11.5 Å². The maximum absolute atomic E-state index is 13.9. The molecule has 9 heteroatoms. The van der Waals surface area contributed by atoms with Crippen LogP contribution in [0.15, 0.2) is 90.1 Å². The van der Waals surface area contributed by atoms with Crippen LogP contribution >= 0.6 is 0 Å². The van der Waals surface area contributed by atoms with E-state index in [4.69, 9.17) is 9.47 Å². The van der Waals surface area contributed by atoms with Gasteiger partial charge in [-0.2, -0.15) is 0 Å². The molecule has 0 atom stereocenters. The van der Waals surface area contributed by atoms with Crippen molar-refractivity contribution in [2.75, 3.05) is 29.9 Å². The highest BCUT2D eigenvalue weighted by molar-refractivity contribution is 7.93. The summed E-state index contributed by atoms with van der Waals surface area (Å²) in [5.41, 5.74) is 0.785. The van der Waals surface area contributed by atoms with E-state index in [0.717, 1.165) is 4.31 Å². The van der Waals surface area contributed by atoms with E-state index in [0.29, 0.717) is 40.3 Å². The van der Waals surface area contributed by atoms with Gasteiger partial charge in [0, 0.05) is 23.2 Å². The summed E-state index contributed by atoms with van der Waals surface area (Å²) in [5, 5.41) is 3.97. The summed E-state index contributed by atoms with van der Waals surface area (Å²) in [6.45, 7) is 1.82. The van der Waals surface area contributed by atoms with Gasteiger partial charge in [0.2, 0.25) is 5.91 Å². The molecule has 4 rings (SSSR count). The fourth-order valence-electron chi connectivity index (χ4n) is 3.67. The molecule has 180 valence electrons. The van der Waals surface area contributed by atoms with Gasteiger partial charge < -0.3 is 14.8 Å². The summed E-state index contributed by atoms with van der Waals surface area (Å²) in [6, 6.07) is 20.1. The molecule has 4 aromatic rings. The summed E-state index contributed by atoms with van der Waals surface area (Å²) in [4.78, 5) is 17.3. The Kier molecular flexibility index (Phi) is 7.17. The molecule has 0 aliphatic carbocycles. The molecular weight excluding hydrogens is 466 g/mol. The lowest BCUT2D eigenvalue weighted by molar-refractivity contribution is -0.114. The first-order chi connectivity index (χ1) is 16.9. The second-order valence-corrected chi connectivity index (χ2v) is 9.37. The van der Waals surface area contributed by atoms with Gasteiger partial charge in [0.05, 0.1) is 30.0 Å². The number of rotatable bonds is 9. The fraction of sp³-hybridized carbons (Fsp3) is 0.154. The van der Waals surface area contributed by atoms with Crippen LogP contribution in [-0.4, -0.2) is 39.6 Å². The Labute approximate surface area is 204 Å². The van der Waals surface area contributed by atoms with E-state index in [1.54, 1.807) is 72.9 Å². The van der Waals surface area contributed by atoms with Gasteiger partial charge in [-0.15, -0.1) is 0 Å². The fourth-order valence-corrected chi connectivity index (χ4v) is 5.31. The second-order valence-electron chi connectivity index (χ2n) is 7.54.